The second-order valence-corrected chi connectivity index (χ2v) is 6.13. The highest BCUT2D eigenvalue weighted by Crippen LogP contribution is 2.19. The van der Waals surface area contributed by atoms with Crippen LogP contribution in [0.1, 0.15) is 30.6 Å². The van der Waals surface area contributed by atoms with Crippen LogP contribution in [0.15, 0.2) is 18.2 Å². The van der Waals surface area contributed by atoms with Crippen molar-refractivity contribution < 1.29 is 4.79 Å². The largest absolute Gasteiger partial charge is 0.348 e. The van der Waals surface area contributed by atoms with Gasteiger partial charge in [0.05, 0.1) is 0 Å². The van der Waals surface area contributed by atoms with Gasteiger partial charge in [0.15, 0.2) is 0 Å². The summed E-state index contributed by atoms with van der Waals surface area (Å²) in [6, 6.07) is 4.94. The molecule has 0 spiro atoms. The maximum Gasteiger partial charge on any atom is 0.251 e. The minimum Gasteiger partial charge on any atom is -0.348 e. The zero-order valence-corrected chi connectivity index (χ0v) is 13.4. The number of benzene rings is 1. The van der Waals surface area contributed by atoms with Gasteiger partial charge in [-0.05, 0) is 30.5 Å². The summed E-state index contributed by atoms with van der Waals surface area (Å²) in [5.41, 5.74) is 0.488. The van der Waals surface area contributed by atoms with Gasteiger partial charge in [-0.2, -0.15) is 0 Å². The molecule has 2 nitrogen and oxygen atoms in total. The van der Waals surface area contributed by atoms with Gasteiger partial charge in [0.1, 0.15) is 0 Å². The fraction of sp³-hybridized carbons (Fsp3) is 0.462. The van der Waals surface area contributed by atoms with Gasteiger partial charge in [0.25, 0.3) is 5.91 Å². The van der Waals surface area contributed by atoms with Gasteiger partial charge in [0.2, 0.25) is 0 Å². The van der Waals surface area contributed by atoms with Crippen LogP contribution in [0, 0.1) is 5.92 Å². The number of amides is 1. The number of hydrogen-bond acceptors (Lipinski definition) is 1. The van der Waals surface area contributed by atoms with E-state index in [9.17, 15) is 4.79 Å². The summed E-state index contributed by atoms with van der Waals surface area (Å²) < 4.78 is 0. The predicted molar refractivity (Wildman–Crippen MR) is 81.0 cm³/mol. The number of rotatable bonds is 5. The van der Waals surface area contributed by atoms with E-state index < -0.39 is 0 Å². The Bertz CT molecular complexity index is 403. The summed E-state index contributed by atoms with van der Waals surface area (Å²) in [4.78, 5) is 12.1. The van der Waals surface area contributed by atoms with Gasteiger partial charge in [-0.1, -0.05) is 53.0 Å². The van der Waals surface area contributed by atoms with Gasteiger partial charge in [-0.15, -0.1) is 0 Å². The van der Waals surface area contributed by atoms with Gasteiger partial charge >= 0.3 is 0 Å². The smallest absolute Gasteiger partial charge is 0.251 e. The SMILES string of the molecule is CC(C)CC(CBr)NC(=O)c1cc(Cl)cc(Cl)c1. The first kappa shape index (κ1) is 15.8. The lowest BCUT2D eigenvalue weighted by atomic mass is 10.0. The second-order valence-electron chi connectivity index (χ2n) is 4.61. The first-order valence-electron chi connectivity index (χ1n) is 5.75. The van der Waals surface area contributed by atoms with E-state index in [0.717, 1.165) is 11.8 Å². The fourth-order valence-electron chi connectivity index (χ4n) is 1.68. The summed E-state index contributed by atoms with van der Waals surface area (Å²) in [5.74, 6) is 0.375. The maximum atomic E-state index is 12.1. The molecule has 0 aromatic heterocycles. The van der Waals surface area contributed by atoms with Crippen LogP contribution in [0.5, 0.6) is 0 Å². The Morgan fingerprint density at radius 1 is 1.28 bits per heavy atom. The van der Waals surface area contributed by atoms with Crippen LogP contribution in [-0.4, -0.2) is 17.3 Å². The summed E-state index contributed by atoms with van der Waals surface area (Å²) >= 11 is 15.2. The lowest BCUT2D eigenvalue weighted by Crippen LogP contribution is -2.37. The average Bonchev–Trinajstić information content (AvgIpc) is 2.26. The minimum atomic E-state index is -0.149. The topological polar surface area (TPSA) is 29.1 Å². The quantitative estimate of drug-likeness (QED) is 0.775. The predicted octanol–water partition coefficient (Wildman–Crippen LogP) is 4.53. The molecule has 0 heterocycles. The van der Waals surface area contributed by atoms with E-state index >= 15 is 0 Å². The lowest BCUT2D eigenvalue weighted by Gasteiger charge is -2.18. The van der Waals surface area contributed by atoms with Crippen molar-refractivity contribution in [3.05, 3.63) is 33.8 Å². The first-order valence-corrected chi connectivity index (χ1v) is 7.63. The first-order chi connectivity index (χ1) is 8.42. The standard InChI is InChI=1S/C13H16BrCl2NO/c1-8(2)3-12(7-14)17-13(18)9-4-10(15)6-11(16)5-9/h4-6,8,12H,3,7H2,1-2H3,(H,17,18). The molecule has 100 valence electrons. The molecule has 18 heavy (non-hydrogen) atoms. The van der Waals surface area contributed by atoms with Crippen molar-refractivity contribution in [1.29, 1.82) is 0 Å². The highest BCUT2D eigenvalue weighted by Gasteiger charge is 2.14. The van der Waals surface area contributed by atoms with Crippen LogP contribution in [0.4, 0.5) is 0 Å². The Labute approximate surface area is 126 Å². The van der Waals surface area contributed by atoms with Crippen LogP contribution in [-0.2, 0) is 0 Å². The molecule has 0 aliphatic heterocycles. The second kappa shape index (κ2) is 7.37. The third-order valence-corrected chi connectivity index (χ3v) is 3.62. The van der Waals surface area contributed by atoms with Crippen molar-refractivity contribution in [2.24, 2.45) is 5.92 Å². The third kappa shape index (κ3) is 5.17. The molecule has 0 aliphatic carbocycles. The molecule has 0 saturated carbocycles. The molecule has 0 bridgehead atoms. The van der Waals surface area contributed by atoms with Crippen LogP contribution < -0.4 is 5.32 Å². The summed E-state index contributed by atoms with van der Waals surface area (Å²) in [6.07, 6.45) is 0.922. The monoisotopic (exact) mass is 351 g/mol. The molecule has 1 unspecified atom stereocenters. The highest BCUT2D eigenvalue weighted by atomic mass is 79.9. The van der Waals surface area contributed by atoms with Gasteiger partial charge in [-0.25, -0.2) is 0 Å². The number of alkyl halides is 1. The van der Waals surface area contributed by atoms with E-state index in [-0.39, 0.29) is 11.9 Å². The Hall–Kier alpha value is -0.250. The van der Waals surface area contributed by atoms with Gasteiger partial charge in [0, 0.05) is 27.0 Å². The van der Waals surface area contributed by atoms with E-state index in [2.05, 4.69) is 35.1 Å². The number of hydrogen-bond donors (Lipinski definition) is 1. The average molecular weight is 353 g/mol. The molecule has 0 radical (unpaired) electrons. The van der Waals surface area contributed by atoms with Crippen molar-refractivity contribution in [2.75, 3.05) is 5.33 Å². The summed E-state index contributed by atoms with van der Waals surface area (Å²) in [5, 5.41) is 4.62. The van der Waals surface area contributed by atoms with E-state index in [4.69, 9.17) is 23.2 Å². The van der Waals surface area contributed by atoms with Gasteiger partial charge in [-0.3, -0.25) is 4.79 Å². The number of carbonyl (C=O) groups is 1. The molecule has 1 atom stereocenters. The molecular formula is C13H16BrCl2NO. The molecule has 5 heteroatoms. The Morgan fingerprint density at radius 2 is 1.83 bits per heavy atom. The van der Waals surface area contributed by atoms with Crippen LogP contribution >= 0.6 is 39.1 Å². The Kier molecular flexibility index (Phi) is 6.47. The molecule has 1 N–H and O–H groups in total. The van der Waals surface area contributed by atoms with Crippen LogP contribution in [0.25, 0.3) is 0 Å². The van der Waals surface area contributed by atoms with Crippen LogP contribution in [0.3, 0.4) is 0 Å². The summed E-state index contributed by atoms with van der Waals surface area (Å²) in [6.45, 7) is 4.25. The summed E-state index contributed by atoms with van der Waals surface area (Å²) in [7, 11) is 0. The van der Waals surface area contributed by atoms with Crippen molar-refractivity contribution in [1.82, 2.24) is 5.32 Å². The molecule has 1 rings (SSSR count). The molecule has 0 saturated heterocycles. The number of halogens is 3. The zero-order valence-electron chi connectivity index (χ0n) is 10.3. The van der Waals surface area contributed by atoms with Gasteiger partial charge < -0.3 is 5.32 Å². The van der Waals surface area contributed by atoms with E-state index in [1.165, 1.54) is 0 Å². The minimum absolute atomic E-state index is 0.107. The molecule has 1 aromatic rings. The van der Waals surface area contributed by atoms with Crippen molar-refractivity contribution in [3.63, 3.8) is 0 Å². The Balaban J connectivity index is 2.74. The van der Waals surface area contributed by atoms with E-state index in [1.54, 1.807) is 18.2 Å². The molecule has 0 aliphatic rings. The third-order valence-electron chi connectivity index (χ3n) is 2.40. The van der Waals surface area contributed by atoms with Crippen molar-refractivity contribution >= 4 is 45.0 Å². The molecular weight excluding hydrogens is 337 g/mol. The van der Waals surface area contributed by atoms with E-state index in [0.29, 0.717) is 21.5 Å². The number of carbonyl (C=O) groups excluding carboxylic acids is 1. The van der Waals surface area contributed by atoms with Crippen molar-refractivity contribution in [2.45, 2.75) is 26.3 Å². The molecule has 1 amide bonds. The maximum absolute atomic E-state index is 12.1. The Morgan fingerprint density at radius 3 is 2.28 bits per heavy atom. The number of nitrogens with one attached hydrogen (secondary N) is 1. The van der Waals surface area contributed by atoms with E-state index in [1.807, 2.05) is 0 Å². The van der Waals surface area contributed by atoms with Crippen LogP contribution in [0.2, 0.25) is 10.0 Å². The fourth-order valence-corrected chi connectivity index (χ4v) is 2.64. The molecule has 0 fully saturated rings. The zero-order chi connectivity index (χ0) is 13.7. The van der Waals surface area contributed by atoms with Crippen molar-refractivity contribution in [3.8, 4) is 0 Å². The molecule has 1 aromatic carbocycles. The highest BCUT2D eigenvalue weighted by molar-refractivity contribution is 9.09. The lowest BCUT2D eigenvalue weighted by molar-refractivity contribution is 0.0937. The normalized spacial score (nSPS) is 12.6.